The minimum Gasteiger partial charge on any atom is -0.478 e. The van der Waals surface area contributed by atoms with Gasteiger partial charge in [0.15, 0.2) is 0 Å². The SMILES string of the molecule is COC(=O)Nc1cc(Oc2ccc3c(c2)C[C@@H](NC[C@H](O)c2ccc(Cl)cc2)CC3)cc(C(=O)O)c1. The molecule has 3 aromatic rings. The quantitative estimate of drug-likeness (QED) is 0.329. The molecule has 2 atom stereocenters. The molecule has 8 nitrogen and oxygen atoms in total. The van der Waals surface area contributed by atoms with Crippen molar-refractivity contribution >= 4 is 29.4 Å². The van der Waals surface area contributed by atoms with E-state index in [1.807, 2.05) is 30.3 Å². The van der Waals surface area contributed by atoms with Gasteiger partial charge in [-0.1, -0.05) is 29.8 Å². The van der Waals surface area contributed by atoms with Crippen molar-refractivity contribution in [2.24, 2.45) is 0 Å². The van der Waals surface area contributed by atoms with E-state index in [-0.39, 0.29) is 23.0 Å². The van der Waals surface area contributed by atoms with Gasteiger partial charge in [0.25, 0.3) is 0 Å². The van der Waals surface area contributed by atoms with E-state index in [0.29, 0.717) is 17.3 Å². The lowest BCUT2D eigenvalue weighted by atomic mass is 9.88. The molecule has 0 saturated heterocycles. The summed E-state index contributed by atoms with van der Waals surface area (Å²) in [6.07, 6.45) is 1.27. The van der Waals surface area contributed by atoms with Crippen LogP contribution < -0.4 is 15.4 Å². The number of hydrogen-bond acceptors (Lipinski definition) is 6. The van der Waals surface area contributed by atoms with Crippen molar-refractivity contribution in [3.63, 3.8) is 0 Å². The molecule has 4 rings (SSSR count). The largest absolute Gasteiger partial charge is 0.478 e. The molecule has 0 aliphatic heterocycles. The van der Waals surface area contributed by atoms with Crippen LogP contribution in [0.25, 0.3) is 0 Å². The summed E-state index contributed by atoms with van der Waals surface area (Å²) in [5.41, 5.74) is 3.38. The monoisotopic (exact) mass is 510 g/mol. The van der Waals surface area contributed by atoms with Crippen molar-refractivity contribution in [3.05, 3.63) is 87.9 Å². The first kappa shape index (κ1) is 25.5. The fourth-order valence-corrected chi connectivity index (χ4v) is 4.34. The van der Waals surface area contributed by atoms with Crippen molar-refractivity contribution in [2.75, 3.05) is 19.0 Å². The lowest BCUT2D eigenvalue weighted by Gasteiger charge is -2.27. The topological polar surface area (TPSA) is 117 Å². The first-order valence-corrected chi connectivity index (χ1v) is 11.9. The fraction of sp³-hybridized carbons (Fsp3) is 0.259. The number of nitrogens with one attached hydrogen (secondary N) is 2. The molecule has 0 heterocycles. The maximum atomic E-state index is 11.6. The van der Waals surface area contributed by atoms with Crippen LogP contribution in [-0.2, 0) is 17.6 Å². The normalized spacial score (nSPS) is 15.5. The van der Waals surface area contributed by atoms with Gasteiger partial charge in [0.05, 0.1) is 18.8 Å². The molecule has 3 aromatic carbocycles. The van der Waals surface area contributed by atoms with Gasteiger partial charge >= 0.3 is 12.1 Å². The number of carbonyl (C=O) groups excluding carboxylic acids is 1. The molecule has 0 aromatic heterocycles. The number of aryl methyl sites for hydroxylation is 1. The van der Waals surface area contributed by atoms with E-state index in [9.17, 15) is 19.8 Å². The van der Waals surface area contributed by atoms with Gasteiger partial charge in [-0.3, -0.25) is 5.32 Å². The Balaban J connectivity index is 1.43. The summed E-state index contributed by atoms with van der Waals surface area (Å²) in [6.45, 7) is 0.426. The summed E-state index contributed by atoms with van der Waals surface area (Å²) in [4.78, 5) is 23.1. The molecule has 4 N–H and O–H groups in total. The number of ether oxygens (including phenoxy) is 2. The van der Waals surface area contributed by atoms with E-state index >= 15 is 0 Å². The third-order valence-corrected chi connectivity index (χ3v) is 6.33. The van der Waals surface area contributed by atoms with Crippen LogP contribution in [0.5, 0.6) is 11.5 Å². The second kappa shape index (κ2) is 11.4. The standard InChI is InChI=1S/C27H27ClN2O6/c1-35-27(34)30-22-11-19(26(32)33)13-24(14-22)36-23-9-5-16-4-8-21(10-18(16)12-23)29-15-25(31)17-2-6-20(28)7-3-17/h2-3,5-7,9,11-14,21,25,29,31H,4,8,10,15H2,1H3,(H,30,34)(H,32,33)/t21-,25-/m0/s1. The van der Waals surface area contributed by atoms with Gasteiger partial charge in [-0.25, -0.2) is 9.59 Å². The minimum atomic E-state index is -1.14. The first-order valence-electron chi connectivity index (χ1n) is 11.5. The molecule has 0 saturated carbocycles. The number of aliphatic hydroxyl groups excluding tert-OH is 1. The minimum absolute atomic E-state index is 0.0274. The van der Waals surface area contributed by atoms with Crippen molar-refractivity contribution in [1.82, 2.24) is 5.32 Å². The van der Waals surface area contributed by atoms with Crippen molar-refractivity contribution < 1.29 is 29.3 Å². The number of carbonyl (C=O) groups is 2. The van der Waals surface area contributed by atoms with E-state index in [1.165, 1.54) is 30.9 Å². The molecular weight excluding hydrogens is 484 g/mol. The first-order chi connectivity index (χ1) is 17.3. The molecule has 0 spiro atoms. The Morgan fingerprint density at radius 2 is 1.83 bits per heavy atom. The van der Waals surface area contributed by atoms with Gasteiger partial charge in [0.2, 0.25) is 0 Å². The van der Waals surface area contributed by atoms with Gasteiger partial charge in [-0.2, -0.15) is 0 Å². The number of aliphatic hydroxyl groups is 1. The molecule has 1 aliphatic rings. The van der Waals surface area contributed by atoms with E-state index in [4.69, 9.17) is 16.3 Å². The van der Waals surface area contributed by atoms with Crippen LogP contribution in [-0.4, -0.2) is 42.0 Å². The number of halogens is 1. The van der Waals surface area contributed by atoms with E-state index in [0.717, 1.165) is 30.4 Å². The second-order valence-corrected chi connectivity index (χ2v) is 9.05. The van der Waals surface area contributed by atoms with Crippen LogP contribution in [0.15, 0.2) is 60.7 Å². The number of carboxylic acids is 1. The number of amides is 1. The number of benzene rings is 3. The lowest BCUT2D eigenvalue weighted by molar-refractivity contribution is 0.0696. The van der Waals surface area contributed by atoms with Crippen LogP contribution in [0.1, 0.15) is 39.6 Å². The van der Waals surface area contributed by atoms with Crippen LogP contribution in [0, 0.1) is 0 Å². The average Bonchev–Trinajstić information content (AvgIpc) is 2.87. The Kier molecular flexibility index (Phi) is 8.10. The molecule has 0 fully saturated rings. The Morgan fingerprint density at radius 3 is 2.56 bits per heavy atom. The second-order valence-electron chi connectivity index (χ2n) is 8.62. The number of hydrogen-bond donors (Lipinski definition) is 4. The smallest absolute Gasteiger partial charge is 0.411 e. The molecule has 188 valence electrons. The molecule has 1 aliphatic carbocycles. The Bertz CT molecular complexity index is 1250. The molecular formula is C27H27ClN2O6. The number of fused-ring (bicyclic) bond motifs is 1. The predicted octanol–water partition coefficient (Wildman–Crippen LogP) is 5.19. The predicted molar refractivity (Wildman–Crippen MR) is 136 cm³/mol. The average molecular weight is 511 g/mol. The van der Waals surface area contributed by atoms with Crippen molar-refractivity contribution in [2.45, 2.75) is 31.4 Å². The van der Waals surface area contributed by atoms with Crippen LogP contribution >= 0.6 is 11.6 Å². The van der Waals surface area contributed by atoms with Gasteiger partial charge in [0, 0.05) is 29.4 Å². The van der Waals surface area contributed by atoms with Gasteiger partial charge in [-0.05, 0) is 72.4 Å². The molecule has 0 radical (unpaired) electrons. The summed E-state index contributed by atoms with van der Waals surface area (Å²) in [5, 5.41) is 26.5. The molecule has 1 amide bonds. The zero-order chi connectivity index (χ0) is 25.7. The highest BCUT2D eigenvalue weighted by Gasteiger charge is 2.20. The number of methoxy groups -OCH3 is 1. The number of carboxylic acid groups (broad SMARTS) is 1. The van der Waals surface area contributed by atoms with Gasteiger partial charge in [-0.15, -0.1) is 0 Å². The maximum Gasteiger partial charge on any atom is 0.411 e. The summed E-state index contributed by atoms with van der Waals surface area (Å²) in [5.74, 6) is -0.312. The third-order valence-electron chi connectivity index (χ3n) is 6.08. The highest BCUT2D eigenvalue weighted by atomic mass is 35.5. The molecule has 9 heteroatoms. The zero-order valence-electron chi connectivity index (χ0n) is 19.7. The van der Waals surface area contributed by atoms with Crippen LogP contribution in [0.4, 0.5) is 10.5 Å². The summed E-state index contributed by atoms with van der Waals surface area (Å²) >= 11 is 5.93. The third kappa shape index (κ3) is 6.54. The van der Waals surface area contributed by atoms with E-state index < -0.39 is 18.2 Å². The summed E-state index contributed by atoms with van der Waals surface area (Å²) < 4.78 is 10.5. The Hall–Kier alpha value is -3.59. The number of rotatable bonds is 8. The van der Waals surface area contributed by atoms with Crippen molar-refractivity contribution in [1.29, 1.82) is 0 Å². The van der Waals surface area contributed by atoms with Crippen molar-refractivity contribution in [3.8, 4) is 11.5 Å². The molecule has 36 heavy (non-hydrogen) atoms. The number of aromatic carboxylic acids is 1. The highest BCUT2D eigenvalue weighted by molar-refractivity contribution is 6.30. The zero-order valence-corrected chi connectivity index (χ0v) is 20.4. The number of anilines is 1. The maximum absolute atomic E-state index is 11.6. The van der Waals surface area contributed by atoms with Crippen LogP contribution in [0.2, 0.25) is 5.02 Å². The summed E-state index contributed by atoms with van der Waals surface area (Å²) in [7, 11) is 1.22. The van der Waals surface area contributed by atoms with Crippen LogP contribution in [0.3, 0.4) is 0 Å². The van der Waals surface area contributed by atoms with Gasteiger partial charge < -0.3 is 25.0 Å². The highest BCUT2D eigenvalue weighted by Crippen LogP contribution is 2.31. The molecule has 0 unspecified atom stereocenters. The van der Waals surface area contributed by atoms with E-state index in [2.05, 4.69) is 15.4 Å². The fourth-order valence-electron chi connectivity index (χ4n) is 4.21. The Labute approximate surface area is 213 Å². The molecule has 0 bridgehead atoms. The van der Waals surface area contributed by atoms with E-state index in [1.54, 1.807) is 12.1 Å². The Morgan fingerprint density at radius 1 is 1.06 bits per heavy atom. The van der Waals surface area contributed by atoms with Gasteiger partial charge in [0.1, 0.15) is 11.5 Å². The summed E-state index contributed by atoms with van der Waals surface area (Å²) in [6, 6.07) is 17.4. The lowest BCUT2D eigenvalue weighted by Crippen LogP contribution is -2.37.